The predicted molar refractivity (Wildman–Crippen MR) is 80.3 cm³/mol. The van der Waals surface area contributed by atoms with Crippen molar-refractivity contribution >= 4 is 11.6 Å². The van der Waals surface area contributed by atoms with Crippen molar-refractivity contribution in [1.82, 2.24) is 0 Å². The Bertz CT molecular complexity index is 667. The Labute approximate surface area is 123 Å². The fraction of sp³-hybridized carbons (Fsp3) is 0.188. The van der Waals surface area contributed by atoms with Crippen LogP contribution in [0.25, 0.3) is 0 Å². The quantitative estimate of drug-likeness (QED) is 0.848. The van der Waals surface area contributed by atoms with Crippen LogP contribution in [0.4, 0.5) is 5.69 Å². The summed E-state index contributed by atoms with van der Waals surface area (Å²) in [6.07, 6.45) is 0. The number of hydrogen-bond donors (Lipinski definition) is 2. The van der Waals surface area contributed by atoms with Crippen molar-refractivity contribution in [3.05, 3.63) is 47.5 Å². The van der Waals surface area contributed by atoms with Gasteiger partial charge in [0, 0.05) is 11.3 Å². The van der Waals surface area contributed by atoms with E-state index < -0.39 is 0 Å². The number of benzene rings is 2. The van der Waals surface area contributed by atoms with Crippen molar-refractivity contribution in [3.8, 4) is 17.2 Å². The van der Waals surface area contributed by atoms with Crippen molar-refractivity contribution in [2.45, 2.75) is 6.92 Å². The van der Waals surface area contributed by atoms with E-state index in [0.29, 0.717) is 22.7 Å². The second-order valence-electron chi connectivity index (χ2n) is 4.52. The monoisotopic (exact) mass is 287 g/mol. The maximum atomic E-state index is 12.2. The fourth-order valence-corrected chi connectivity index (χ4v) is 1.96. The Morgan fingerprint density at radius 2 is 1.76 bits per heavy atom. The van der Waals surface area contributed by atoms with Crippen LogP contribution in [-0.2, 0) is 0 Å². The van der Waals surface area contributed by atoms with Crippen LogP contribution in [0.2, 0.25) is 0 Å². The van der Waals surface area contributed by atoms with Gasteiger partial charge >= 0.3 is 0 Å². The summed E-state index contributed by atoms with van der Waals surface area (Å²) >= 11 is 0. The van der Waals surface area contributed by atoms with Crippen LogP contribution in [0.15, 0.2) is 36.4 Å². The van der Waals surface area contributed by atoms with Crippen molar-refractivity contribution in [2.75, 3.05) is 19.5 Å². The first kappa shape index (κ1) is 14.7. The highest BCUT2D eigenvalue weighted by Crippen LogP contribution is 2.28. The normalized spacial score (nSPS) is 10.0. The van der Waals surface area contributed by atoms with Crippen molar-refractivity contribution in [1.29, 1.82) is 0 Å². The maximum Gasteiger partial charge on any atom is 0.255 e. The molecule has 0 bridgehead atoms. The molecule has 0 saturated carbocycles. The minimum atomic E-state index is -0.259. The van der Waals surface area contributed by atoms with E-state index in [1.165, 1.54) is 20.3 Å². The highest BCUT2D eigenvalue weighted by molar-refractivity contribution is 6.05. The molecule has 0 fully saturated rings. The van der Waals surface area contributed by atoms with Crippen molar-refractivity contribution < 1.29 is 19.4 Å². The number of aromatic hydroxyl groups is 1. The van der Waals surface area contributed by atoms with Gasteiger partial charge in [-0.1, -0.05) is 0 Å². The molecule has 2 rings (SSSR count). The number of hydrogen-bond acceptors (Lipinski definition) is 4. The number of ether oxygens (including phenoxy) is 2. The van der Waals surface area contributed by atoms with E-state index in [1.807, 2.05) is 6.92 Å². The molecule has 2 aromatic rings. The summed E-state index contributed by atoms with van der Waals surface area (Å²) in [4.78, 5) is 12.2. The zero-order valence-electron chi connectivity index (χ0n) is 12.1. The van der Waals surface area contributed by atoms with Crippen LogP contribution in [0.1, 0.15) is 15.9 Å². The number of carbonyl (C=O) groups excluding carboxylic acids is 1. The SMILES string of the molecule is COc1ccc(C(=O)Nc2ccc(O)cc2C)cc1OC. The number of phenols is 1. The number of phenolic OH excluding ortho intramolecular Hbond substituents is 1. The minimum Gasteiger partial charge on any atom is -0.508 e. The first-order valence-electron chi connectivity index (χ1n) is 6.38. The van der Waals surface area contributed by atoms with Gasteiger partial charge in [-0.3, -0.25) is 4.79 Å². The van der Waals surface area contributed by atoms with E-state index in [2.05, 4.69) is 5.32 Å². The standard InChI is InChI=1S/C16H17NO4/c1-10-8-12(18)5-6-13(10)17-16(19)11-4-7-14(20-2)15(9-11)21-3/h4-9,18H,1-3H3,(H,17,19). The molecule has 0 aliphatic rings. The zero-order chi connectivity index (χ0) is 15.4. The molecular weight excluding hydrogens is 270 g/mol. The molecule has 2 N–H and O–H groups in total. The lowest BCUT2D eigenvalue weighted by Gasteiger charge is -2.11. The Kier molecular flexibility index (Phi) is 4.33. The average molecular weight is 287 g/mol. The maximum absolute atomic E-state index is 12.2. The number of aryl methyl sites for hydroxylation is 1. The Hall–Kier alpha value is -2.69. The number of nitrogens with one attached hydrogen (secondary N) is 1. The highest BCUT2D eigenvalue weighted by Gasteiger charge is 2.12. The number of rotatable bonds is 4. The summed E-state index contributed by atoms with van der Waals surface area (Å²) in [7, 11) is 3.06. The largest absolute Gasteiger partial charge is 0.508 e. The lowest BCUT2D eigenvalue weighted by Crippen LogP contribution is -2.13. The summed E-state index contributed by atoms with van der Waals surface area (Å²) < 4.78 is 10.3. The third-order valence-corrected chi connectivity index (χ3v) is 3.10. The highest BCUT2D eigenvalue weighted by atomic mass is 16.5. The van der Waals surface area contributed by atoms with E-state index in [-0.39, 0.29) is 11.7 Å². The second kappa shape index (κ2) is 6.17. The third-order valence-electron chi connectivity index (χ3n) is 3.10. The van der Waals surface area contributed by atoms with Gasteiger partial charge in [-0.15, -0.1) is 0 Å². The van der Waals surface area contributed by atoms with Gasteiger partial charge in [0.05, 0.1) is 14.2 Å². The van der Waals surface area contributed by atoms with Gasteiger partial charge in [0.1, 0.15) is 5.75 Å². The van der Waals surface area contributed by atoms with E-state index >= 15 is 0 Å². The van der Waals surface area contributed by atoms with E-state index in [9.17, 15) is 9.90 Å². The van der Waals surface area contributed by atoms with E-state index in [0.717, 1.165) is 5.56 Å². The summed E-state index contributed by atoms with van der Waals surface area (Å²) in [5.74, 6) is 0.962. The topological polar surface area (TPSA) is 67.8 Å². The molecule has 0 spiro atoms. The molecule has 0 heterocycles. The lowest BCUT2D eigenvalue weighted by atomic mass is 10.1. The molecule has 0 atom stereocenters. The van der Waals surface area contributed by atoms with Gasteiger partial charge < -0.3 is 19.9 Å². The van der Waals surface area contributed by atoms with Gasteiger partial charge in [0.2, 0.25) is 0 Å². The number of methoxy groups -OCH3 is 2. The third kappa shape index (κ3) is 3.25. The number of anilines is 1. The lowest BCUT2D eigenvalue weighted by molar-refractivity contribution is 0.102. The molecular formula is C16H17NO4. The van der Waals surface area contributed by atoms with Crippen molar-refractivity contribution in [2.24, 2.45) is 0 Å². The molecule has 21 heavy (non-hydrogen) atoms. The molecule has 2 aromatic carbocycles. The van der Waals surface area contributed by atoms with Crippen LogP contribution >= 0.6 is 0 Å². The first-order valence-corrected chi connectivity index (χ1v) is 6.38. The van der Waals surface area contributed by atoms with Gasteiger partial charge in [-0.2, -0.15) is 0 Å². The summed E-state index contributed by atoms with van der Waals surface area (Å²) in [6, 6.07) is 9.72. The van der Waals surface area contributed by atoms with Crippen molar-refractivity contribution in [3.63, 3.8) is 0 Å². The summed E-state index contributed by atoms with van der Waals surface area (Å²) in [5, 5.41) is 12.2. The minimum absolute atomic E-state index is 0.164. The van der Waals surface area contributed by atoms with Gasteiger partial charge in [0.15, 0.2) is 11.5 Å². The second-order valence-corrected chi connectivity index (χ2v) is 4.52. The molecule has 5 heteroatoms. The van der Waals surface area contributed by atoms with E-state index in [1.54, 1.807) is 30.3 Å². The Balaban J connectivity index is 2.24. The first-order chi connectivity index (χ1) is 10.0. The molecule has 5 nitrogen and oxygen atoms in total. The molecule has 0 unspecified atom stereocenters. The summed E-state index contributed by atoms with van der Waals surface area (Å²) in [5.41, 5.74) is 1.89. The van der Waals surface area contributed by atoms with Crippen LogP contribution < -0.4 is 14.8 Å². The Morgan fingerprint density at radius 1 is 1.05 bits per heavy atom. The van der Waals surface area contributed by atoms with Gasteiger partial charge in [0.25, 0.3) is 5.91 Å². The zero-order valence-corrected chi connectivity index (χ0v) is 12.1. The predicted octanol–water partition coefficient (Wildman–Crippen LogP) is 2.97. The molecule has 0 aliphatic heterocycles. The molecule has 110 valence electrons. The number of amides is 1. The summed E-state index contributed by atoms with van der Waals surface area (Å²) in [6.45, 7) is 1.81. The number of carbonyl (C=O) groups is 1. The molecule has 0 aliphatic carbocycles. The molecule has 0 radical (unpaired) electrons. The van der Waals surface area contributed by atoms with Gasteiger partial charge in [-0.25, -0.2) is 0 Å². The molecule has 0 saturated heterocycles. The van der Waals surface area contributed by atoms with Crippen LogP contribution in [0, 0.1) is 6.92 Å². The fourth-order valence-electron chi connectivity index (χ4n) is 1.96. The molecule has 0 aromatic heterocycles. The van der Waals surface area contributed by atoms with Crippen LogP contribution in [0.3, 0.4) is 0 Å². The van der Waals surface area contributed by atoms with Crippen LogP contribution in [-0.4, -0.2) is 25.2 Å². The Morgan fingerprint density at radius 3 is 2.38 bits per heavy atom. The average Bonchev–Trinajstić information content (AvgIpc) is 2.49. The van der Waals surface area contributed by atoms with Crippen LogP contribution in [0.5, 0.6) is 17.2 Å². The van der Waals surface area contributed by atoms with E-state index in [4.69, 9.17) is 9.47 Å². The smallest absolute Gasteiger partial charge is 0.255 e. The van der Waals surface area contributed by atoms with Gasteiger partial charge in [-0.05, 0) is 48.9 Å². The molecule has 1 amide bonds.